The van der Waals surface area contributed by atoms with Gasteiger partial charge in [0.1, 0.15) is 0 Å². The first kappa shape index (κ1) is 16.5. The summed E-state index contributed by atoms with van der Waals surface area (Å²) < 4.78 is 0. The van der Waals surface area contributed by atoms with E-state index in [0.717, 1.165) is 25.5 Å². The fraction of sp³-hybridized carbons (Fsp3) is 0.412. The first-order valence-electron chi connectivity index (χ1n) is 7.56. The largest absolute Gasteiger partial charge is 0.356 e. The SMILES string of the molecule is CN=C(NCCc1ccncc1C)NCC(C)c1ccsc1. The van der Waals surface area contributed by atoms with Crippen molar-refractivity contribution in [1.82, 2.24) is 15.6 Å². The van der Waals surface area contributed by atoms with Crippen molar-refractivity contribution >= 4 is 17.3 Å². The quantitative estimate of drug-likeness (QED) is 0.636. The molecular weight excluding hydrogens is 292 g/mol. The van der Waals surface area contributed by atoms with Gasteiger partial charge in [-0.3, -0.25) is 9.98 Å². The number of aryl methyl sites for hydroxylation is 1. The Morgan fingerprint density at radius 1 is 1.36 bits per heavy atom. The molecule has 0 radical (unpaired) electrons. The molecule has 1 unspecified atom stereocenters. The van der Waals surface area contributed by atoms with E-state index >= 15 is 0 Å². The fourth-order valence-electron chi connectivity index (χ4n) is 2.24. The number of aromatic nitrogens is 1. The Hall–Kier alpha value is -1.88. The summed E-state index contributed by atoms with van der Waals surface area (Å²) in [7, 11) is 1.81. The summed E-state index contributed by atoms with van der Waals surface area (Å²) in [6, 6.07) is 4.26. The van der Waals surface area contributed by atoms with Crippen molar-refractivity contribution in [3.63, 3.8) is 0 Å². The number of aliphatic imine (C=N–C) groups is 1. The Balaban J connectivity index is 1.75. The van der Waals surface area contributed by atoms with Crippen molar-refractivity contribution in [2.75, 3.05) is 20.1 Å². The van der Waals surface area contributed by atoms with E-state index in [-0.39, 0.29) is 0 Å². The number of hydrogen-bond acceptors (Lipinski definition) is 3. The Bertz CT molecular complexity index is 592. The van der Waals surface area contributed by atoms with Gasteiger partial charge < -0.3 is 10.6 Å². The van der Waals surface area contributed by atoms with Gasteiger partial charge >= 0.3 is 0 Å². The van der Waals surface area contributed by atoms with Gasteiger partial charge in [0.05, 0.1) is 0 Å². The number of pyridine rings is 1. The van der Waals surface area contributed by atoms with Gasteiger partial charge in [-0.2, -0.15) is 11.3 Å². The van der Waals surface area contributed by atoms with Gasteiger partial charge in [-0.05, 0) is 58.8 Å². The lowest BCUT2D eigenvalue weighted by Gasteiger charge is -2.15. The van der Waals surface area contributed by atoms with E-state index in [1.54, 1.807) is 11.3 Å². The molecule has 2 N–H and O–H groups in total. The Labute approximate surface area is 136 Å². The minimum Gasteiger partial charge on any atom is -0.356 e. The molecule has 2 aromatic heterocycles. The van der Waals surface area contributed by atoms with E-state index < -0.39 is 0 Å². The van der Waals surface area contributed by atoms with Crippen molar-refractivity contribution in [2.45, 2.75) is 26.2 Å². The van der Waals surface area contributed by atoms with Crippen LogP contribution in [0.4, 0.5) is 0 Å². The molecule has 0 aliphatic heterocycles. The third kappa shape index (κ3) is 4.84. The average molecular weight is 316 g/mol. The first-order valence-corrected chi connectivity index (χ1v) is 8.51. The second kappa shape index (κ2) is 8.54. The molecule has 1 atom stereocenters. The van der Waals surface area contributed by atoms with Crippen LogP contribution in [-0.4, -0.2) is 31.1 Å². The smallest absolute Gasteiger partial charge is 0.191 e. The molecule has 118 valence electrons. The van der Waals surface area contributed by atoms with Crippen molar-refractivity contribution in [3.05, 3.63) is 52.0 Å². The zero-order valence-corrected chi connectivity index (χ0v) is 14.3. The molecule has 0 aliphatic rings. The molecule has 0 bridgehead atoms. The molecule has 2 aromatic rings. The van der Waals surface area contributed by atoms with Gasteiger partial charge in [0.15, 0.2) is 5.96 Å². The number of hydrogen-bond donors (Lipinski definition) is 2. The minimum atomic E-state index is 0.479. The summed E-state index contributed by atoms with van der Waals surface area (Å²) >= 11 is 1.74. The van der Waals surface area contributed by atoms with Gasteiger partial charge in [-0.15, -0.1) is 0 Å². The van der Waals surface area contributed by atoms with Gasteiger partial charge in [-0.25, -0.2) is 0 Å². The number of rotatable bonds is 6. The van der Waals surface area contributed by atoms with Crippen LogP contribution in [0.5, 0.6) is 0 Å². The number of thiophene rings is 1. The molecule has 0 saturated carbocycles. The highest BCUT2D eigenvalue weighted by Crippen LogP contribution is 2.16. The molecule has 2 rings (SSSR count). The molecule has 0 aromatic carbocycles. The van der Waals surface area contributed by atoms with E-state index in [0.29, 0.717) is 5.92 Å². The molecule has 0 aliphatic carbocycles. The monoisotopic (exact) mass is 316 g/mol. The predicted octanol–water partition coefficient (Wildman–Crippen LogP) is 2.96. The van der Waals surface area contributed by atoms with Gasteiger partial charge in [0.25, 0.3) is 0 Å². The van der Waals surface area contributed by atoms with Crippen LogP contribution in [0, 0.1) is 6.92 Å². The van der Waals surface area contributed by atoms with Gasteiger partial charge in [0, 0.05) is 32.5 Å². The molecular formula is C17H24N4S. The minimum absolute atomic E-state index is 0.479. The topological polar surface area (TPSA) is 49.3 Å². The maximum atomic E-state index is 4.28. The highest BCUT2D eigenvalue weighted by atomic mass is 32.1. The third-order valence-electron chi connectivity index (χ3n) is 3.73. The van der Waals surface area contributed by atoms with Crippen LogP contribution in [0.3, 0.4) is 0 Å². The number of guanidine groups is 1. The Morgan fingerprint density at radius 2 is 2.23 bits per heavy atom. The van der Waals surface area contributed by atoms with Crippen LogP contribution in [-0.2, 0) is 6.42 Å². The molecule has 0 saturated heterocycles. The van der Waals surface area contributed by atoms with Crippen molar-refractivity contribution in [3.8, 4) is 0 Å². The highest BCUT2D eigenvalue weighted by Gasteiger charge is 2.07. The summed E-state index contributed by atoms with van der Waals surface area (Å²) in [5.74, 6) is 1.33. The summed E-state index contributed by atoms with van der Waals surface area (Å²) in [5.41, 5.74) is 3.93. The summed E-state index contributed by atoms with van der Waals surface area (Å²) in [4.78, 5) is 8.40. The zero-order chi connectivity index (χ0) is 15.8. The van der Waals surface area contributed by atoms with Gasteiger partial charge in [0.2, 0.25) is 0 Å². The summed E-state index contributed by atoms with van der Waals surface area (Å²) in [6.07, 6.45) is 4.72. The first-order chi connectivity index (χ1) is 10.7. The molecule has 2 heterocycles. The summed E-state index contributed by atoms with van der Waals surface area (Å²) in [5, 5.41) is 11.1. The molecule has 5 heteroatoms. The van der Waals surface area contributed by atoms with Crippen LogP contribution in [0.25, 0.3) is 0 Å². The second-order valence-corrected chi connectivity index (χ2v) is 6.17. The average Bonchev–Trinajstić information content (AvgIpc) is 3.06. The van der Waals surface area contributed by atoms with E-state index in [4.69, 9.17) is 0 Å². The maximum Gasteiger partial charge on any atom is 0.191 e. The lowest BCUT2D eigenvalue weighted by Crippen LogP contribution is -2.39. The maximum absolute atomic E-state index is 4.28. The normalized spacial score (nSPS) is 13.0. The van der Waals surface area contributed by atoms with Crippen LogP contribution in [0.2, 0.25) is 0 Å². The van der Waals surface area contributed by atoms with Crippen molar-refractivity contribution in [1.29, 1.82) is 0 Å². The standard InChI is InChI=1S/C17H24N4S/c1-13-10-19-7-4-15(13)5-8-20-17(18-3)21-11-14(2)16-6-9-22-12-16/h4,6-7,9-10,12,14H,5,8,11H2,1-3H3,(H2,18,20,21). The highest BCUT2D eigenvalue weighted by molar-refractivity contribution is 7.07. The predicted molar refractivity (Wildman–Crippen MR) is 94.8 cm³/mol. The van der Waals surface area contributed by atoms with E-state index in [1.807, 2.05) is 19.4 Å². The fourth-order valence-corrected chi connectivity index (χ4v) is 3.02. The van der Waals surface area contributed by atoms with Crippen LogP contribution in [0.1, 0.15) is 29.5 Å². The molecule has 0 amide bonds. The van der Waals surface area contributed by atoms with Crippen LogP contribution < -0.4 is 10.6 Å². The Morgan fingerprint density at radius 3 is 2.91 bits per heavy atom. The lowest BCUT2D eigenvalue weighted by atomic mass is 10.1. The number of nitrogens with zero attached hydrogens (tertiary/aromatic N) is 2. The van der Waals surface area contributed by atoms with Gasteiger partial charge in [-0.1, -0.05) is 6.92 Å². The van der Waals surface area contributed by atoms with Crippen molar-refractivity contribution in [2.24, 2.45) is 4.99 Å². The van der Waals surface area contributed by atoms with Crippen molar-refractivity contribution < 1.29 is 0 Å². The number of nitrogens with one attached hydrogen (secondary N) is 2. The molecule has 0 spiro atoms. The molecule has 22 heavy (non-hydrogen) atoms. The van der Waals surface area contributed by atoms with E-state index in [2.05, 4.69) is 57.4 Å². The summed E-state index contributed by atoms with van der Waals surface area (Å²) in [6.45, 7) is 6.06. The molecule has 4 nitrogen and oxygen atoms in total. The van der Waals surface area contributed by atoms with E-state index in [1.165, 1.54) is 16.7 Å². The molecule has 0 fully saturated rings. The van der Waals surface area contributed by atoms with Crippen LogP contribution in [0.15, 0.2) is 40.3 Å². The third-order valence-corrected chi connectivity index (χ3v) is 4.44. The lowest BCUT2D eigenvalue weighted by molar-refractivity contribution is 0.699. The Kier molecular flexibility index (Phi) is 6.40. The second-order valence-electron chi connectivity index (χ2n) is 5.39. The van der Waals surface area contributed by atoms with E-state index in [9.17, 15) is 0 Å². The van der Waals surface area contributed by atoms with Crippen LogP contribution >= 0.6 is 11.3 Å². The zero-order valence-electron chi connectivity index (χ0n) is 13.5.